The van der Waals surface area contributed by atoms with Gasteiger partial charge in [-0.3, -0.25) is 0 Å². The number of unbranched alkanes of at least 4 members (excludes halogenated alkanes) is 2. The van der Waals surface area contributed by atoms with Crippen LogP contribution in [0.5, 0.6) is 5.75 Å². The van der Waals surface area contributed by atoms with E-state index in [-0.39, 0.29) is 0 Å². The summed E-state index contributed by atoms with van der Waals surface area (Å²) in [4.78, 5) is 2.51. The van der Waals surface area contributed by atoms with E-state index in [4.69, 9.17) is 5.11 Å². The maximum Gasteiger partial charge on any atom is 0.115 e. The molecule has 0 heterocycles. The number of benzene rings is 2. The van der Waals surface area contributed by atoms with Gasteiger partial charge in [-0.15, -0.1) is 0 Å². The van der Waals surface area contributed by atoms with Gasteiger partial charge in [-0.05, 0) is 37.1 Å². The number of phenolic OH excluding ortho intramolecular Hbond substituents is 1. The minimum Gasteiger partial charge on any atom is -0.508 e. The van der Waals surface area contributed by atoms with Gasteiger partial charge >= 0.3 is 0 Å². The van der Waals surface area contributed by atoms with Crippen LogP contribution in [-0.2, 0) is 0 Å². The van der Waals surface area contributed by atoms with Crippen molar-refractivity contribution in [2.24, 2.45) is 0 Å². The van der Waals surface area contributed by atoms with E-state index < -0.39 is 0 Å². The minimum atomic E-state index is 0.322. The van der Waals surface area contributed by atoms with Crippen molar-refractivity contribution in [3.05, 3.63) is 60.7 Å². The van der Waals surface area contributed by atoms with Gasteiger partial charge in [0.15, 0.2) is 0 Å². The zero-order valence-electron chi connectivity index (χ0n) is 13.9. The largest absolute Gasteiger partial charge is 0.508 e. The molecule has 0 aliphatic rings. The van der Waals surface area contributed by atoms with Gasteiger partial charge in [-0.25, -0.2) is 0 Å². The molecule has 0 aromatic heterocycles. The van der Waals surface area contributed by atoms with Crippen LogP contribution in [0, 0.1) is 0 Å². The molecule has 0 bridgehead atoms. The number of phenols is 1. The zero-order valence-corrected chi connectivity index (χ0v) is 13.9. The molecule has 2 rings (SSSR count). The molecule has 0 amide bonds. The average Bonchev–Trinajstić information content (AvgIpc) is 2.57. The summed E-state index contributed by atoms with van der Waals surface area (Å²) in [5, 5.41) is 8.63. The summed E-state index contributed by atoms with van der Waals surface area (Å²) in [6.07, 6.45) is 5.13. The quantitative estimate of drug-likeness (QED) is 0.731. The van der Waals surface area contributed by atoms with Crippen molar-refractivity contribution in [2.45, 2.75) is 39.5 Å². The lowest BCUT2D eigenvalue weighted by atomic mass is 10.2. The minimum absolute atomic E-state index is 0.322. The maximum atomic E-state index is 8.63. The van der Waals surface area contributed by atoms with Gasteiger partial charge in [0.1, 0.15) is 5.75 Å². The molecule has 0 aliphatic carbocycles. The lowest BCUT2D eigenvalue weighted by molar-refractivity contribution is 0.475. The summed E-state index contributed by atoms with van der Waals surface area (Å²) in [5.41, 5.74) is 1.37. The second kappa shape index (κ2) is 11.7. The third-order valence-corrected chi connectivity index (χ3v) is 3.44. The highest BCUT2D eigenvalue weighted by Crippen LogP contribution is 2.14. The van der Waals surface area contributed by atoms with Gasteiger partial charge in [0.2, 0.25) is 0 Å². The molecule has 0 saturated heterocycles. The Morgan fingerprint density at radius 2 is 1.18 bits per heavy atom. The third-order valence-electron chi connectivity index (χ3n) is 3.44. The Kier molecular flexibility index (Phi) is 9.60. The highest BCUT2D eigenvalue weighted by molar-refractivity contribution is 5.45. The summed E-state index contributed by atoms with van der Waals surface area (Å²) < 4.78 is 0. The van der Waals surface area contributed by atoms with E-state index in [1.807, 2.05) is 6.07 Å². The normalized spacial score (nSPS) is 9.73. The summed E-state index contributed by atoms with van der Waals surface area (Å²) in [6.45, 7) is 6.90. The Hall–Kier alpha value is -1.96. The first-order chi connectivity index (χ1) is 10.8. The number of para-hydroxylation sites is 2. The molecule has 0 spiro atoms. The highest BCUT2D eigenvalue weighted by Gasteiger charge is 2.03. The second-order valence-electron chi connectivity index (χ2n) is 5.37. The third kappa shape index (κ3) is 7.72. The molecular formula is C20H29NO. The lowest BCUT2D eigenvalue weighted by Crippen LogP contribution is -2.25. The summed E-state index contributed by atoms with van der Waals surface area (Å²) >= 11 is 0. The van der Waals surface area contributed by atoms with Gasteiger partial charge in [-0.1, -0.05) is 63.1 Å². The van der Waals surface area contributed by atoms with Crippen molar-refractivity contribution >= 4 is 5.69 Å². The van der Waals surface area contributed by atoms with Crippen LogP contribution in [0.2, 0.25) is 0 Å². The topological polar surface area (TPSA) is 23.5 Å². The van der Waals surface area contributed by atoms with Gasteiger partial charge in [-0.2, -0.15) is 0 Å². The molecule has 0 fully saturated rings. The van der Waals surface area contributed by atoms with Crippen molar-refractivity contribution in [1.82, 2.24) is 0 Å². The van der Waals surface area contributed by atoms with Crippen LogP contribution < -0.4 is 4.90 Å². The zero-order chi connectivity index (χ0) is 16.0. The summed E-state index contributed by atoms with van der Waals surface area (Å²) in [7, 11) is 0. The average molecular weight is 299 g/mol. The Morgan fingerprint density at radius 1 is 0.727 bits per heavy atom. The fraction of sp³-hybridized carbons (Fsp3) is 0.400. The van der Waals surface area contributed by atoms with Crippen LogP contribution in [0.3, 0.4) is 0 Å². The summed E-state index contributed by atoms with van der Waals surface area (Å²) in [5.74, 6) is 0.322. The van der Waals surface area contributed by atoms with Gasteiger partial charge in [0.25, 0.3) is 0 Å². The second-order valence-corrected chi connectivity index (χ2v) is 5.37. The number of nitrogens with zero attached hydrogens (tertiary/aromatic N) is 1. The van der Waals surface area contributed by atoms with Crippen molar-refractivity contribution in [1.29, 1.82) is 0 Å². The summed E-state index contributed by atoms with van der Waals surface area (Å²) in [6, 6.07) is 19.5. The molecule has 120 valence electrons. The van der Waals surface area contributed by atoms with Crippen LogP contribution >= 0.6 is 0 Å². The fourth-order valence-electron chi connectivity index (χ4n) is 2.13. The lowest BCUT2D eigenvalue weighted by Gasteiger charge is -2.24. The van der Waals surface area contributed by atoms with Crippen LogP contribution in [0.1, 0.15) is 39.5 Å². The number of hydrogen-bond acceptors (Lipinski definition) is 2. The first kappa shape index (κ1) is 18.1. The van der Waals surface area contributed by atoms with Crippen molar-refractivity contribution < 1.29 is 5.11 Å². The monoisotopic (exact) mass is 299 g/mol. The number of rotatable bonds is 7. The van der Waals surface area contributed by atoms with E-state index in [1.165, 1.54) is 44.5 Å². The molecule has 0 unspecified atom stereocenters. The van der Waals surface area contributed by atoms with Crippen LogP contribution in [0.25, 0.3) is 0 Å². The first-order valence-electron chi connectivity index (χ1n) is 8.32. The van der Waals surface area contributed by atoms with Crippen molar-refractivity contribution in [3.63, 3.8) is 0 Å². The number of anilines is 1. The molecule has 2 heteroatoms. The van der Waals surface area contributed by atoms with E-state index in [1.54, 1.807) is 24.3 Å². The van der Waals surface area contributed by atoms with E-state index in [9.17, 15) is 0 Å². The molecule has 0 radical (unpaired) electrons. The molecule has 0 aliphatic heterocycles. The van der Waals surface area contributed by atoms with E-state index in [0.29, 0.717) is 5.75 Å². The standard InChI is InChI=1S/C14H23N.C6H6O/c1-3-5-12-15(13-6-4-2)14-10-8-7-9-11-14;7-6-4-2-1-3-5-6/h7-11H,3-6,12-13H2,1-2H3;1-5,7H. The van der Waals surface area contributed by atoms with Gasteiger partial charge in [0, 0.05) is 18.8 Å². The van der Waals surface area contributed by atoms with Crippen LogP contribution in [-0.4, -0.2) is 18.2 Å². The maximum absolute atomic E-state index is 8.63. The van der Waals surface area contributed by atoms with E-state index in [0.717, 1.165) is 0 Å². The Balaban J connectivity index is 0.000000287. The van der Waals surface area contributed by atoms with Gasteiger partial charge < -0.3 is 10.0 Å². The van der Waals surface area contributed by atoms with E-state index in [2.05, 4.69) is 49.1 Å². The SMILES string of the molecule is CCCCN(CCCC)c1ccccc1.Oc1ccccc1. The Bertz CT molecular complexity index is 462. The van der Waals surface area contributed by atoms with Crippen molar-refractivity contribution in [2.75, 3.05) is 18.0 Å². The van der Waals surface area contributed by atoms with Crippen LogP contribution in [0.4, 0.5) is 5.69 Å². The smallest absolute Gasteiger partial charge is 0.115 e. The molecule has 22 heavy (non-hydrogen) atoms. The predicted molar refractivity (Wildman–Crippen MR) is 96.6 cm³/mol. The predicted octanol–water partition coefficient (Wildman–Crippen LogP) is 5.49. The molecule has 2 aromatic carbocycles. The number of hydrogen-bond donors (Lipinski definition) is 1. The first-order valence-corrected chi connectivity index (χ1v) is 8.32. The molecule has 2 nitrogen and oxygen atoms in total. The molecule has 0 atom stereocenters. The Labute approximate surface area is 135 Å². The molecule has 0 saturated carbocycles. The van der Waals surface area contributed by atoms with Gasteiger partial charge in [0.05, 0.1) is 0 Å². The molecule has 1 N–H and O–H groups in total. The Morgan fingerprint density at radius 3 is 1.55 bits per heavy atom. The molecule has 2 aromatic rings. The highest BCUT2D eigenvalue weighted by atomic mass is 16.3. The van der Waals surface area contributed by atoms with Crippen LogP contribution in [0.15, 0.2) is 60.7 Å². The molecular weight excluding hydrogens is 270 g/mol. The fourth-order valence-corrected chi connectivity index (χ4v) is 2.13. The van der Waals surface area contributed by atoms with E-state index >= 15 is 0 Å². The van der Waals surface area contributed by atoms with Crippen molar-refractivity contribution in [3.8, 4) is 5.75 Å². The number of aromatic hydroxyl groups is 1.